The molecular weight excluding hydrogens is 791 g/mol. The summed E-state index contributed by atoms with van der Waals surface area (Å²) in [6.45, 7) is 7.10. The molecule has 0 heterocycles. The van der Waals surface area contributed by atoms with Gasteiger partial charge in [-0.25, -0.2) is 0 Å². The topological polar surface area (TPSA) is 0 Å². The molecule has 2 unspecified atom stereocenters. The minimum atomic E-state index is -3.80. The molecule has 0 N–H and O–H groups in total. The van der Waals surface area contributed by atoms with Crippen LogP contribution in [-0.2, 0) is 30.2 Å². The summed E-state index contributed by atoms with van der Waals surface area (Å²) in [5.74, 6) is 1.67. The van der Waals surface area contributed by atoms with Gasteiger partial charge in [0.05, 0.1) is 0 Å². The van der Waals surface area contributed by atoms with Gasteiger partial charge in [0.15, 0.2) is 0 Å². The Labute approximate surface area is 342 Å². The van der Waals surface area contributed by atoms with Crippen molar-refractivity contribution in [2.75, 3.05) is 0 Å². The smallest absolute Gasteiger partial charge is 0.147 e. The summed E-state index contributed by atoms with van der Waals surface area (Å²) in [6, 6.07) is 33.7. The maximum absolute atomic E-state index is 3.80. The van der Waals surface area contributed by atoms with Crippen LogP contribution < -0.4 is 0 Å². The second kappa shape index (κ2) is 17.3. The van der Waals surface area contributed by atoms with Crippen molar-refractivity contribution in [3.63, 3.8) is 0 Å². The number of halogens is 2. The third-order valence-electron chi connectivity index (χ3n) is 14.0. The van der Waals surface area contributed by atoms with E-state index < -0.39 is 17.4 Å². The van der Waals surface area contributed by atoms with E-state index in [0.717, 1.165) is 24.7 Å². The fourth-order valence-corrected chi connectivity index (χ4v) is 31.2. The van der Waals surface area contributed by atoms with Gasteiger partial charge in [0.25, 0.3) is 0 Å². The minimum absolute atomic E-state index is 0. The summed E-state index contributed by atoms with van der Waals surface area (Å²) in [5.41, 5.74) is 18.5. The summed E-state index contributed by atoms with van der Waals surface area (Å²) in [7, 11) is 0. The van der Waals surface area contributed by atoms with Crippen LogP contribution in [0.3, 0.4) is 0 Å². The number of rotatable bonds is 10. The van der Waals surface area contributed by atoms with Crippen molar-refractivity contribution < 1.29 is 17.4 Å². The van der Waals surface area contributed by atoms with Gasteiger partial charge in [0.1, 0.15) is 0 Å². The maximum atomic E-state index is 2.90. The van der Waals surface area contributed by atoms with Gasteiger partial charge < -0.3 is 0 Å². The zero-order valence-electron chi connectivity index (χ0n) is 33.5. The summed E-state index contributed by atoms with van der Waals surface area (Å²) in [5, 5.41) is 0. The van der Waals surface area contributed by atoms with E-state index in [4.69, 9.17) is 0 Å². The molecule has 8 rings (SSSR count). The molecule has 4 aromatic rings. The fraction of sp³-hybridized carbons (Fsp3) is 0.440. The van der Waals surface area contributed by atoms with E-state index in [1.807, 2.05) is 0 Å². The normalized spacial score (nSPS) is 20.3. The predicted molar refractivity (Wildman–Crippen MR) is 241 cm³/mol. The number of aryl methyl sites for hydroxylation is 2. The second-order valence-corrected chi connectivity index (χ2v) is 48.8. The largest absolute Gasteiger partial charge is 0.147 e. The van der Waals surface area contributed by atoms with Gasteiger partial charge in [0, 0.05) is 0 Å². The Hall–Kier alpha value is -1.96. The number of benzene rings is 4. The molecule has 2 saturated carbocycles. The molecule has 286 valence electrons. The second-order valence-electron chi connectivity index (χ2n) is 18.4. The van der Waals surface area contributed by atoms with Crippen molar-refractivity contribution in [3.8, 4) is 22.3 Å². The third kappa shape index (κ3) is 8.08. The van der Waals surface area contributed by atoms with Gasteiger partial charge in [-0.3, -0.25) is 0 Å². The molecule has 0 bridgehead atoms. The molecule has 2 fully saturated rings. The first-order chi connectivity index (χ1) is 25.2. The molecule has 0 amide bonds. The Morgan fingerprint density at radius 1 is 0.519 bits per heavy atom. The molecule has 0 aliphatic heterocycles. The molecule has 0 nitrogen and oxygen atoms in total. The van der Waals surface area contributed by atoms with Gasteiger partial charge in [-0.15, -0.1) is 24.8 Å². The fourth-order valence-electron chi connectivity index (χ4n) is 11.5. The van der Waals surface area contributed by atoms with E-state index in [9.17, 15) is 0 Å². The molecule has 2 atom stereocenters. The van der Waals surface area contributed by atoms with E-state index in [1.165, 1.54) is 110 Å². The first-order valence-corrected chi connectivity index (χ1v) is 34.8. The Balaban J connectivity index is 0.00000249. The van der Waals surface area contributed by atoms with E-state index in [2.05, 4.69) is 127 Å². The van der Waals surface area contributed by atoms with Crippen molar-refractivity contribution in [2.45, 2.75) is 120 Å². The standard InChI is InChI=1S/2C24H27.2CH3.2ClH.H2Si.Zr/c2*1-2-18-11-13-21(14-12-18)23-10-6-9-22-16-20(17-24(22)23)15-19-7-4-3-5-8-19;;;;;;/h2*6,9-14,16-17,19H,2-5,7-8,15H2,1H3;2*1H3;2*1H;1H2;. The monoisotopic (exact) mass is 852 g/mol. The first kappa shape index (κ1) is 41.7. The number of allylic oxidation sites excluding steroid dienone is 2. The molecular formula is C50H64Cl2SiZr. The summed E-state index contributed by atoms with van der Waals surface area (Å²) in [4.78, 5) is 0. The van der Waals surface area contributed by atoms with Crippen LogP contribution in [0, 0.1) is 11.8 Å². The van der Waals surface area contributed by atoms with E-state index >= 15 is 0 Å². The van der Waals surface area contributed by atoms with E-state index in [1.54, 1.807) is 33.4 Å². The molecule has 0 saturated heterocycles. The molecule has 4 aromatic carbocycles. The van der Waals surface area contributed by atoms with Crippen molar-refractivity contribution in [1.82, 2.24) is 0 Å². The quantitative estimate of drug-likeness (QED) is 0.139. The molecule has 4 aliphatic carbocycles. The van der Waals surface area contributed by atoms with Crippen LogP contribution in [-0.4, -0.2) is 6.88 Å². The Bertz CT molecular complexity index is 1910. The number of hydrogen-bond donors (Lipinski definition) is 0. The van der Waals surface area contributed by atoms with Gasteiger partial charge in [0.2, 0.25) is 0 Å². The van der Waals surface area contributed by atoms with Crippen molar-refractivity contribution >= 4 is 43.8 Å². The van der Waals surface area contributed by atoms with Crippen LogP contribution in [0.25, 0.3) is 34.4 Å². The molecule has 4 aliphatic rings. The zero-order chi connectivity index (χ0) is 35.9. The van der Waals surface area contributed by atoms with Crippen LogP contribution in [0.15, 0.2) is 96.1 Å². The van der Waals surface area contributed by atoms with E-state index in [0.29, 0.717) is 7.25 Å². The van der Waals surface area contributed by atoms with Crippen molar-refractivity contribution in [1.29, 1.82) is 0 Å². The number of hydrogen-bond acceptors (Lipinski definition) is 0. The SMILES string of the molecule is CCc1ccc(-c2cccc3c2C=C(CC2CCCCC2)[CH]3[Zr]([CH3])([CH3])(=[SiH2])[CH]2C(CC3CCCCC3)=Cc3c(-c4ccc(CC)cc4)cccc32)cc1.Cl.Cl. The number of fused-ring (bicyclic) bond motifs is 2. The van der Waals surface area contributed by atoms with Crippen LogP contribution in [0.2, 0.25) is 9.26 Å². The van der Waals surface area contributed by atoms with Crippen LogP contribution >= 0.6 is 24.8 Å². The average Bonchev–Trinajstić information content (AvgIpc) is 3.75. The van der Waals surface area contributed by atoms with Gasteiger partial charge in [-0.2, -0.15) is 0 Å². The maximum Gasteiger partial charge on any atom is -0.147 e. The summed E-state index contributed by atoms with van der Waals surface area (Å²) < 4.78 is 6.94. The van der Waals surface area contributed by atoms with Gasteiger partial charge >= 0.3 is 320 Å². The summed E-state index contributed by atoms with van der Waals surface area (Å²) >= 11 is -3.80. The van der Waals surface area contributed by atoms with Crippen LogP contribution in [0.1, 0.15) is 132 Å². The minimum Gasteiger partial charge on any atom is -0.147 e. The van der Waals surface area contributed by atoms with Crippen LogP contribution in [0.5, 0.6) is 0 Å². The predicted octanol–water partition coefficient (Wildman–Crippen LogP) is 14.8. The molecule has 0 radical (unpaired) electrons. The van der Waals surface area contributed by atoms with Crippen LogP contribution in [0.4, 0.5) is 0 Å². The van der Waals surface area contributed by atoms with Gasteiger partial charge in [-0.1, -0.05) is 0 Å². The Kier molecular flexibility index (Phi) is 13.3. The Morgan fingerprint density at radius 3 is 1.24 bits per heavy atom. The first-order valence-electron chi connectivity index (χ1n) is 21.1. The molecule has 54 heavy (non-hydrogen) atoms. The summed E-state index contributed by atoms with van der Waals surface area (Å²) in [6.07, 6.45) is 24.4. The third-order valence-corrected chi connectivity index (χ3v) is 31.5. The van der Waals surface area contributed by atoms with Crippen molar-refractivity contribution in [2.24, 2.45) is 11.8 Å². The zero-order valence-corrected chi connectivity index (χ0v) is 39.0. The van der Waals surface area contributed by atoms with Gasteiger partial charge in [-0.05, 0) is 0 Å². The van der Waals surface area contributed by atoms with Crippen molar-refractivity contribution in [3.05, 3.63) is 129 Å². The molecule has 0 spiro atoms. The van der Waals surface area contributed by atoms with E-state index in [-0.39, 0.29) is 24.8 Å². The molecule has 4 heteroatoms. The average molecular weight is 855 g/mol. The molecule has 0 aromatic heterocycles. The Morgan fingerprint density at radius 2 is 0.889 bits per heavy atom.